The van der Waals surface area contributed by atoms with Crippen LogP contribution in [0.25, 0.3) is 0 Å². The Labute approximate surface area is 172 Å². The summed E-state index contributed by atoms with van der Waals surface area (Å²) in [5, 5.41) is 20.5. The molecule has 0 saturated carbocycles. The molecule has 1 aromatic heterocycles. The van der Waals surface area contributed by atoms with Crippen molar-refractivity contribution in [1.29, 1.82) is 5.26 Å². The van der Waals surface area contributed by atoms with E-state index in [1.165, 1.54) is 6.92 Å². The number of benzene rings is 2. The molecule has 3 aromatic rings. The second-order valence-corrected chi connectivity index (χ2v) is 7.03. The molecule has 0 spiro atoms. The molecule has 0 unspecified atom stereocenters. The van der Waals surface area contributed by atoms with Crippen LogP contribution in [0.2, 0.25) is 0 Å². The van der Waals surface area contributed by atoms with E-state index in [0.717, 1.165) is 10.1 Å². The Hall–Kier alpha value is -4.05. The van der Waals surface area contributed by atoms with Crippen LogP contribution >= 0.6 is 0 Å². The highest BCUT2D eigenvalue weighted by molar-refractivity contribution is 6.12. The van der Waals surface area contributed by atoms with Crippen molar-refractivity contribution in [3.8, 4) is 23.4 Å². The summed E-state index contributed by atoms with van der Waals surface area (Å²) in [4.78, 5) is 26.1. The number of nitriles is 1. The van der Waals surface area contributed by atoms with E-state index in [1.54, 1.807) is 49.4 Å². The number of hydrogen-bond acceptors (Lipinski definition) is 6. The Morgan fingerprint density at radius 3 is 2.63 bits per heavy atom. The molecule has 1 aliphatic rings. The highest BCUT2D eigenvalue weighted by atomic mass is 16.7. The lowest BCUT2D eigenvalue weighted by atomic mass is 9.94. The van der Waals surface area contributed by atoms with Crippen LogP contribution in [0.1, 0.15) is 38.2 Å². The van der Waals surface area contributed by atoms with E-state index in [-0.39, 0.29) is 30.0 Å². The maximum atomic E-state index is 13.2. The van der Waals surface area contributed by atoms with Crippen molar-refractivity contribution >= 4 is 5.78 Å². The molecule has 0 bridgehead atoms. The fourth-order valence-corrected chi connectivity index (χ4v) is 3.55. The minimum Gasteiger partial charge on any atom is -0.494 e. The van der Waals surface area contributed by atoms with Gasteiger partial charge in [-0.25, -0.2) is 0 Å². The number of carbonyl (C=O) groups is 1. The summed E-state index contributed by atoms with van der Waals surface area (Å²) < 4.78 is 11.7. The molecule has 1 aliphatic heterocycles. The summed E-state index contributed by atoms with van der Waals surface area (Å²) in [7, 11) is 0. The second-order valence-electron chi connectivity index (χ2n) is 7.03. The van der Waals surface area contributed by atoms with E-state index in [2.05, 4.69) is 0 Å². The number of aromatic hydroxyl groups is 1. The van der Waals surface area contributed by atoms with Gasteiger partial charge in [0.2, 0.25) is 12.7 Å². The first-order chi connectivity index (χ1) is 14.4. The lowest BCUT2D eigenvalue weighted by Gasteiger charge is -2.16. The molecule has 0 fully saturated rings. The zero-order chi connectivity index (χ0) is 21.4. The van der Waals surface area contributed by atoms with Gasteiger partial charge in [-0.1, -0.05) is 30.3 Å². The number of aromatic nitrogens is 1. The predicted octanol–water partition coefficient (Wildman–Crippen LogP) is 3.05. The normalized spacial score (nSPS) is 11.9. The van der Waals surface area contributed by atoms with Crippen LogP contribution in [0.4, 0.5) is 0 Å². The monoisotopic (exact) mass is 402 g/mol. The van der Waals surface area contributed by atoms with Crippen LogP contribution in [-0.2, 0) is 6.54 Å². The maximum absolute atomic E-state index is 13.2. The second kappa shape index (κ2) is 7.41. The Morgan fingerprint density at radius 1 is 1.17 bits per heavy atom. The summed E-state index contributed by atoms with van der Waals surface area (Å²) >= 11 is 0. The molecule has 4 rings (SSSR count). The number of nitrogens with zero attached hydrogens (tertiary/aromatic N) is 2. The highest BCUT2D eigenvalue weighted by Gasteiger charge is 2.26. The van der Waals surface area contributed by atoms with Gasteiger partial charge in [0.1, 0.15) is 11.6 Å². The minimum absolute atomic E-state index is 0.0374. The van der Waals surface area contributed by atoms with Crippen molar-refractivity contribution in [1.82, 2.24) is 4.57 Å². The van der Waals surface area contributed by atoms with Crippen molar-refractivity contribution in [2.75, 3.05) is 6.79 Å². The van der Waals surface area contributed by atoms with Crippen molar-refractivity contribution in [2.45, 2.75) is 20.4 Å². The van der Waals surface area contributed by atoms with Gasteiger partial charge in [-0.15, -0.1) is 0 Å². The number of ketones is 1. The van der Waals surface area contributed by atoms with Crippen molar-refractivity contribution in [3.63, 3.8) is 0 Å². The number of carbonyl (C=O) groups excluding carboxylic acids is 1. The topological polar surface area (TPSA) is 102 Å². The van der Waals surface area contributed by atoms with E-state index < -0.39 is 17.2 Å². The molecule has 0 aliphatic carbocycles. The lowest BCUT2D eigenvalue weighted by molar-refractivity contribution is 0.103. The van der Waals surface area contributed by atoms with Gasteiger partial charge in [0, 0.05) is 5.56 Å². The zero-order valence-electron chi connectivity index (χ0n) is 16.4. The number of hydrogen-bond donors (Lipinski definition) is 1. The minimum atomic E-state index is -0.661. The smallest absolute Gasteiger partial charge is 0.271 e. The SMILES string of the molecule is Cc1ccccc1C(=O)c1c(C)c(C#N)c(=O)n(Cc2ccc3c(c2)OCO3)c1O. The third-order valence-corrected chi connectivity index (χ3v) is 5.19. The first-order valence-corrected chi connectivity index (χ1v) is 9.27. The summed E-state index contributed by atoms with van der Waals surface area (Å²) in [5.41, 5.74) is 1.05. The quantitative estimate of drug-likeness (QED) is 0.673. The average molecular weight is 402 g/mol. The van der Waals surface area contributed by atoms with E-state index in [9.17, 15) is 20.0 Å². The molecule has 1 N–H and O–H groups in total. The third kappa shape index (κ3) is 3.08. The van der Waals surface area contributed by atoms with E-state index in [1.807, 2.05) is 6.07 Å². The molecule has 0 saturated heterocycles. The van der Waals surface area contributed by atoms with Crippen molar-refractivity contribution in [3.05, 3.63) is 86.2 Å². The molecule has 0 atom stereocenters. The van der Waals surface area contributed by atoms with Crippen LogP contribution in [0.5, 0.6) is 17.4 Å². The van der Waals surface area contributed by atoms with Crippen LogP contribution in [0.15, 0.2) is 47.3 Å². The first-order valence-electron chi connectivity index (χ1n) is 9.27. The van der Waals surface area contributed by atoms with Gasteiger partial charge in [0.05, 0.1) is 12.1 Å². The van der Waals surface area contributed by atoms with E-state index in [4.69, 9.17) is 9.47 Å². The Kier molecular flexibility index (Phi) is 4.76. The van der Waals surface area contributed by atoms with E-state index >= 15 is 0 Å². The number of pyridine rings is 1. The number of ether oxygens (including phenoxy) is 2. The lowest BCUT2D eigenvalue weighted by Crippen LogP contribution is -2.27. The Morgan fingerprint density at radius 2 is 1.90 bits per heavy atom. The molecular formula is C23H18N2O5. The van der Waals surface area contributed by atoms with Crippen molar-refractivity contribution in [2.24, 2.45) is 0 Å². The van der Waals surface area contributed by atoms with Gasteiger partial charge in [0.25, 0.3) is 5.56 Å². The van der Waals surface area contributed by atoms with Crippen LogP contribution in [0, 0.1) is 25.2 Å². The van der Waals surface area contributed by atoms with Crippen LogP contribution < -0.4 is 15.0 Å². The first kappa shape index (κ1) is 19.3. The molecule has 150 valence electrons. The van der Waals surface area contributed by atoms with Gasteiger partial charge in [-0.2, -0.15) is 5.26 Å². The van der Waals surface area contributed by atoms with Crippen molar-refractivity contribution < 1.29 is 19.4 Å². The summed E-state index contributed by atoms with van der Waals surface area (Å²) in [6, 6.07) is 14.0. The number of rotatable bonds is 4. The van der Waals surface area contributed by atoms with Crippen LogP contribution in [-0.4, -0.2) is 22.2 Å². The standard InChI is InChI=1S/C23H18N2O5/c1-13-5-3-4-6-16(13)21(26)20-14(2)17(10-24)22(27)25(23(20)28)11-15-7-8-18-19(9-15)30-12-29-18/h3-9,28H,11-12H2,1-2H3. The molecule has 0 radical (unpaired) electrons. The van der Waals surface area contributed by atoms with Gasteiger partial charge >= 0.3 is 0 Å². The Balaban J connectivity index is 1.87. The largest absolute Gasteiger partial charge is 0.494 e. The molecule has 7 heteroatoms. The van der Waals surface area contributed by atoms with Gasteiger partial charge < -0.3 is 14.6 Å². The summed E-state index contributed by atoms with van der Waals surface area (Å²) in [6.07, 6.45) is 0. The molecule has 30 heavy (non-hydrogen) atoms. The average Bonchev–Trinajstić information content (AvgIpc) is 3.19. The zero-order valence-corrected chi connectivity index (χ0v) is 16.4. The molecule has 0 amide bonds. The van der Waals surface area contributed by atoms with Crippen LogP contribution in [0.3, 0.4) is 0 Å². The summed E-state index contributed by atoms with van der Waals surface area (Å²) in [6.45, 7) is 3.36. The Bertz CT molecular complexity index is 1280. The highest BCUT2D eigenvalue weighted by Crippen LogP contribution is 2.33. The van der Waals surface area contributed by atoms with Gasteiger partial charge in [0.15, 0.2) is 17.3 Å². The maximum Gasteiger partial charge on any atom is 0.271 e. The molecule has 7 nitrogen and oxygen atoms in total. The molecule has 2 aromatic carbocycles. The molecular weight excluding hydrogens is 384 g/mol. The predicted molar refractivity (Wildman–Crippen MR) is 108 cm³/mol. The third-order valence-electron chi connectivity index (χ3n) is 5.19. The number of fused-ring (bicyclic) bond motifs is 1. The van der Waals surface area contributed by atoms with Gasteiger partial charge in [-0.05, 0) is 42.7 Å². The van der Waals surface area contributed by atoms with E-state index in [0.29, 0.717) is 22.6 Å². The fraction of sp³-hybridized carbons (Fsp3) is 0.174. The fourth-order valence-electron chi connectivity index (χ4n) is 3.55. The van der Waals surface area contributed by atoms with Gasteiger partial charge in [-0.3, -0.25) is 14.2 Å². The molecule has 2 heterocycles. The summed E-state index contributed by atoms with van der Waals surface area (Å²) in [5.74, 6) is 0.206. The number of aryl methyl sites for hydroxylation is 1.